The summed E-state index contributed by atoms with van der Waals surface area (Å²) in [6.07, 6.45) is 5.62. The lowest BCUT2D eigenvalue weighted by Gasteiger charge is -2.60. The lowest BCUT2D eigenvalue weighted by atomic mass is 9.60. The summed E-state index contributed by atoms with van der Waals surface area (Å²) >= 11 is 0. The zero-order valence-electron chi connectivity index (χ0n) is 16.5. The van der Waals surface area contributed by atoms with E-state index < -0.39 is 0 Å². The molecule has 2 aromatic heterocycles. The van der Waals surface area contributed by atoms with E-state index >= 15 is 0 Å². The smallest absolute Gasteiger partial charge is 0.253 e. The number of nitrogens with one attached hydrogen (secondary N) is 1. The van der Waals surface area contributed by atoms with Crippen LogP contribution in [0.1, 0.15) is 34.3 Å². The fraction of sp³-hybridized carbons (Fsp3) is 0.364. The van der Waals surface area contributed by atoms with Crippen molar-refractivity contribution in [1.29, 1.82) is 5.26 Å². The lowest BCUT2D eigenvalue weighted by Crippen LogP contribution is -2.67. The number of anilines is 1. The van der Waals surface area contributed by atoms with Crippen molar-refractivity contribution in [3.05, 3.63) is 53.5 Å². The van der Waals surface area contributed by atoms with Crippen molar-refractivity contribution < 1.29 is 4.79 Å². The second-order valence-corrected chi connectivity index (χ2v) is 8.41. The molecule has 1 aromatic carbocycles. The van der Waals surface area contributed by atoms with Crippen molar-refractivity contribution in [2.75, 3.05) is 25.0 Å². The summed E-state index contributed by atoms with van der Waals surface area (Å²) in [6, 6.07) is 9.90. The van der Waals surface area contributed by atoms with Gasteiger partial charge in [-0.15, -0.1) is 0 Å². The molecular formula is C22H22N6O. The molecule has 1 amide bonds. The molecule has 146 valence electrons. The van der Waals surface area contributed by atoms with Crippen molar-refractivity contribution in [2.45, 2.75) is 25.8 Å². The SMILES string of the molecule is Cc1cc(C(=O)N2CC3(CC(N(C)c4ncnc5[nH]ccc45)C3)C2)ccc1C#N. The van der Waals surface area contributed by atoms with E-state index in [1.165, 1.54) is 0 Å². The maximum atomic E-state index is 12.8. The Bertz CT molecular complexity index is 1150. The summed E-state index contributed by atoms with van der Waals surface area (Å²) < 4.78 is 0. The third-order valence-electron chi connectivity index (χ3n) is 6.49. The first-order chi connectivity index (χ1) is 14.0. The molecule has 0 atom stereocenters. The van der Waals surface area contributed by atoms with E-state index in [1.54, 1.807) is 18.5 Å². The summed E-state index contributed by atoms with van der Waals surface area (Å²) in [5, 5.41) is 10.1. The van der Waals surface area contributed by atoms with Gasteiger partial charge in [-0.2, -0.15) is 5.26 Å². The number of aryl methyl sites for hydroxylation is 1. The van der Waals surface area contributed by atoms with Crippen LogP contribution in [0.5, 0.6) is 0 Å². The fourth-order valence-electron chi connectivity index (χ4n) is 4.80. The molecule has 2 aliphatic rings. The lowest BCUT2D eigenvalue weighted by molar-refractivity contribution is -0.0541. The highest BCUT2D eigenvalue weighted by atomic mass is 16.2. The van der Waals surface area contributed by atoms with Crippen LogP contribution in [-0.2, 0) is 0 Å². The number of aromatic nitrogens is 3. The minimum absolute atomic E-state index is 0.0600. The van der Waals surface area contributed by atoms with Crippen LogP contribution in [0.4, 0.5) is 5.82 Å². The summed E-state index contributed by atoms with van der Waals surface area (Å²) in [5.74, 6) is 1.02. The van der Waals surface area contributed by atoms with Gasteiger partial charge < -0.3 is 14.8 Å². The number of rotatable bonds is 3. The minimum Gasteiger partial charge on any atom is -0.356 e. The fourth-order valence-corrected chi connectivity index (χ4v) is 4.80. The van der Waals surface area contributed by atoms with Crippen molar-refractivity contribution >= 4 is 22.8 Å². The molecule has 7 nitrogen and oxygen atoms in total. The quantitative estimate of drug-likeness (QED) is 0.748. The van der Waals surface area contributed by atoms with E-state index in [0.29, 0.717) is 17.2 Å². The number of nitrogens with zero attached hydrogens (tertiary/aromatic N) is 5. The zero-order valence-corrected chi connectivity index (χ0v) is 16.5. The monoisotopic (exact) mass is 386 g/mol. The Morgan fingerprint density at radius 2 is 2.10 bits per heavy atom. The number of nitriles is 1. The van der Waals surface area contributed by atoms with E-state index in [-0.39, 0.29) is 11.3 Å². The van der Waals surface area contributed by atoms with Gasteiger partial charge in [0.1, 0.15) is 17.8 Å². The van der Waals surface area contributed by atoms with E-state index in [1.807, 2.05) is 30.2 Å². The number of hydrogen-bond acceptors (Lipinski definition) is 5. The van der Waals surface area contributed by atoms with Crippen LogP contribution < -0.4 is 4.90 Å². The molecule has 1 aliphatic heterocycles. The standard InChI is InChI=1S/C22H22N6O/c1-14-7-15(3-4-16(14)10-23)21(29)28-11-22(12-28)8-17(9-22)27(2)20-18-5-6-24-19(18)25-13-26-20/h3-7,13,17H,8-9,11-12H2,1-2H3,(H,24,25,26). The number of hydrogen-bond donors (Lipinski definition) is 1. The molecule has 3 heterocycles. The van der Waals surface area contributed by atoms with Crippen LogP contribution in [-0.4, -0.2) is 51.9 Å². The predicted octanol–water partition coefficient (Wildman–Crippen LogP) is 2.88. The Hall–Kier alpha value is -3.40. The van der Waals surface area contributed by atoms with Crippen molar-refractivity contribution in [3.63, 3.8) is 0 Å². The van der Waals surface area contributed by atoms with Gasteiger partial charge in [-0.3, -0.25) is 4.79 Å². The number of carbonyl (C=O) groups is 1. The number of H-pyrrole nitrogens is 1. The summed E-state index contributed by atoms with van der Waals surface area (Å²) in [7, 11) is 2.09. The summed E-state index contributed by atoms with van der Waals surface area (Å²) in [6.45, 7) is 3.48. The zero-order chi connectivity index (χ0) is 20.2. The molecular weight excluding hydrogens is 364 g/mol. The van der Waals surface area contributed by atoms with Crippen molar-refractivity contribution in [2.24, 2.45) is 5.41 Å². The maximum absolute atomic E-state index is 12.8. The predicted molar refractivity (Wildman–Crippen MR) is 110 cm³/mol. The Balaban J connectivity index is 1.22. The van der Waals surface area contributed by atoms with Crippen LogP contribution in [0.2, 0.25) is 0 Å². The first-order valence-corrected chi connectivity index (χ1v) is 9.81. The van der Waals surface area contributed by atoms with E-state index in [2.05, 4.69) is 33.0 Å². The van der Waals surface area contributed by atoms with Crippen molar-refractivity contribution in [3.8, 4) is 6.07 Å². The van der Waals surface area contributed by atoms with Gasteiger partial charge >= 0.3 is 0 Å². The molecule has 0 bridgehead atoms. The molecule has 0 unspecified atom stereocenters. The summed E-state index contributed by atoms with van der Waals surface area (Å²) in [5.41, 5.74) is 3.22. The molecule has 1 saturated heterocycles. The molecule has 0 radical (unpaired) electrons. The highest BCUT2D eigenvalue weighted by Crippen LogP contribution is 2.51. The van der Waals surface area contributed by atoms with Crippen LogP contribution >= 0.6 is 0 Å². The number of aromatic amines is 1. The van der Waals surface area contributed by atoms with Gasteiger partial charge in [0.25, 0.3) is 5.91 Å². The molecule has 29 heavy (non-hydrogen) atoms. The van der Waals surface area contributed by atoms with Crippen LogP contribution in [0.3, 0.4) is 0 Å². The molecule has 3 aromatic rings. The van der Waals surface area contributed by atoms with E-state index in [9.17, 15) is 4.79 Å². The molecule has 5 rings (SSSR count). The second-order valence-electron chi connectivity index (χ2n) is 8.41. The van der Waals surface area contributed by atoms with E-state index in [0.717, 1.165) is 48.3 Å². The highest BCUT2D eigenvalue weighted by molar-refractivity contribution is 5.95. The number of benzene rings is 1. The van der Waals surface area contributed by atoms with Gasteiger partial charge in [0.05, 0.1) is 17.0 Å². The third-order valence-corrected chi connectivity index (χ3v) is 6.49. The molecule has 1 spiro atoms. The molecule has 1 saturated carbocycles. The molecule has 7 heteroatoms. The van der Waals surface area contributed by atoms with Crippen LogP contribution in [0.15, 0.2) is 36.8 Å². The highest BCUT2D eigenvalue weighted by Gasteiger charge is 2.54. The van der Waals surface area contributed by atoms with Gasteiger partial charge in [-0.25, -0.2) is 9.97 Å². The Labute approximate surface area is 169 Å². The maximum Gasteiger partial charge on any atom is 0.253 e. The number of likely N-dealkylation sites (tertiary alicyclic amines) is 1. The molecule has 1 N–H and O–H groups in total. The van der Waals surface area contributed by atoms with Crippen LogP contribution in [0, 0.1) is 23.7 Å². The van der Waals surface area contributed by atoms with Crippen LogP contribution in [0.25, 0.3) is 11.0 Å². The van der Waals surface area contributed by atoms with E-state index in [4.69, 9.17) is 5.26 Å². The van der Waals surface area contributed by atoms with Gasteiger partial charge in [0, 0.05) is 43.4 Å². The number of amides is 1. The third kappa shape index (κ3) is 2.75. The van der Waals surface area contributed by atoms with Gasteiger partial charge in [-0.1, -0.05) is 0 Å². The number of carbonyl (C=O) groups excluding carboxylic acids is 1. The Morgan fingerprint density at radius 3 is 2.83 bits per heavy atom. The Kier molecular flexibility index (Phi) is 3.85. The molecule has 2 fully saturated rings. The first-order valence-electron chi connectivity index (χ1n) is 9.81. The average molecular weight is 386 g/mol. The van der Waals surface area contributed by atoms with Gasteiger partial charge in [0.15, 0.2) is 0 Å². The Morgan fingerprint density at radius 1 is 1.31 bits per heavy atom. The van der Waals surface area contributed by atoms with Gasteiger partial charge in [-0.05, 0) is 49.6 Å². The second kappa shape index (κ2) is 6.31. The summed E-state index contributed by atoms with van der Waals surface area (Å²) in [4.78, 5) is 28.8. The first kappa shape index (κ1) is 17.7. The largest absolute Gasteiger partial charge is 0.356 e. The number of fused-ring (bicyclic) bond motifs is 1. The molecule has 1 aliphatic carbocycles. The normalized spacial score (nSPS) is 17.6. The topological polar surface area (TPSA) is 88.9 Å². The van der Waals surface area contributed by atoms with Crippen molar-refractivity contribution in [1.82, 2.24) is 19.9 Å². The average Bonchev–Trinajstić information content (AvgIpc) is 3.14. The van der Waals surface area contributed by atoms with Gasteiger partial charge in [0.2, 0.25) is 0 Å². The minimum atomic E-state index is 0.0600.